The minimum atomic E-state index is -0.908. The third-order valence-corrected chi connectivity index (χ3v) is 7.49. The Hall–Kier alpha value is -3.11. The Morgan fingerprint density at radius 3 is 2.18 bits per heavy atom. The van der Waals surface area contributed by atoms with Crippen molar-refractivity contribution in [2.75, 3.05) is 26.7 Å². The lowest BCUT2D eigenvalue weighted by Crippen LogP contribution is -2.51. The summed E-state index contributed by atoms with van der Waals surface area (Å²) in [6.45, 7) is 3.04. The molecule has 1 fully saturated rings. The molecule has 1 aliphatic heterocycles. The number of primary amides is 1. The summed E-state index contributed by atoms with van der Waals surface area (Å²) in [5.74, 6) is -0.0291. The third kappa shape index (κ3) is 4.81. The van der Waals surface area contributed by atoms with Crippen LogP contribution in [0.1, 0.15) is 36.0 Å². The zero-order chi connectivity index (χ0) is 23.3. The average molecular weight is 444 g/mol. The zero-order valence-electron chi connectivity index (χ0n) is 19.5. The number of rotatable bonds is 9. The first-order valence-electron chi connectivity index (χ1n) is 12.0. The maximum absolute atomic E-state index is 13.3. The maximum Gasteiger partial charge on any atom is 0.233 e. The molecule has 1 saturated heterocycles. The normalized spacial score (nSPS) is 22.0. The number of phenolic OH excluding ortho intramolecular Hbond substituents is 1. The van der Waals surface area contributed by atoms with Crippen molar-refractivity contribution in [2.45, 2.75) is 31.1 Å². The van der Waals surface area contributed by atoms with Crippen LogP contribution in [0.15, 0.2) is 84.9 Å². The summed E-state index contributed by atoms with van der Waals surface area (Å²) in [6, 6.07) is 27.6. The number of carbonyl (C=O) groups excluding carboxylic acids is 1. The van der Waals surface area contributed by atoms with Crippen molar-refractivity contribution in [2.24, 2.45) is 11.7 Å². The molecule has 0 aliphatic carbocycles. The second-order valence-corrected chi connectivity index (χ2v) is 9.76. The fourth-order valence-electron chi connectivity index (χ4n) is 5.76. The van der Waals surface area contributed by atoms with E-state index >= 15 is 0 Å². The van der Waals surface area contributed by atoms with Crippen molar-refractivity contribution in [1.29, 1.82) is 0 Å². The number of carbonyl (C=O) groups is 1. The van der Waals surface area contributed by atoms with Gasteiger partial charge in [0.2, 0.25) is 5.91 Å². The number of aromatic hydroxyl groups is 1. The summed E-state index contributed by atoms with van der Waals surface area (Å²) in [4.78, 5) is 13.3. The molecule has 3 aromatic carbocycles. The molecule has 3 atom stereocenters. The number of phenols is 1. The Morgan fingerprint density at radius 1 is 0.939 bits per heavy atom. The molecule has 0 bridgehead atoms. The fourth-order valence-corrected chi connectivity index (χ4v) is 5.76. The number of quaternary nitrogens is 1. The van der Waals surface area contributed by atoms with Crippen LogP contribution in [0.4, 0.5) is 0 Å². The lowest BCUT2D eigenvalue weighted by molar-refractivity contribution is -0.899. The van der Waals surface area contributed by atoms with Crippen molar-refractivity contribution < 1.29 is 14.4 Å². The lowest BCUT2D eigenvalue weighted by Gasteiger charge is -2.38. The maximum atomic E-state index is 13.3. The van der Waals surface area contributed by atoms with Crippen LogP contribution in [0.3, 0.4) is 0 Å². The molecule has 0 saturated carbocycles. The first-order valence-corrected chi connectivity index (χ1v) is 12.0. The van der Waals surface area contributed by atoms with Crippen molar-refractivity contribution in [3.8, 4) is 5.75 Å². The number of unbranched alkanes of at least 4 members (excludes halogenated alkanes) is 1. The van der Waals surface area contributed by atoms with Gasteiger partial charge < -0.3 is 15.3 Å². The van der Waals surface area contributed by atoms with E-state index in [-0.39, 0.29) is 17.6 Å². The topological polar surface area (TPSA) is 63.3 Å². The van der Waals surface area contributed by atoms with Gasteiger partial charge in [0.05, 0.1) is 26.7 Å². The number of nitrogens with zero attached hydrogens (tertiary/aromatic N) is 1. The number of nitrogens with two attached hydrogens (primary N) is 1. The second kappa shape index (κ2) is 9.80. The van der Waals surface area contributed by atoms with Gasteiger partial charge in [-0.25, -0.2) is 0 Å². The highest BCUT2D eigenvalue weighted by Crippen LogP contribution is 2.45. The molecule has 1 amide bonds. The zero-order valence-corrected chi connectivity index (χ0v) is 19.5. The first kappa shape index (κ1) is 23.1. The van der Waals surface area contributed by atoms with Gasteiger partial charge in [-0.1, -0.05) is 72.8 Å². The molecule has 0 spiro atoms. The van der Waals surface area contributed by atoms with Crippen molar-refractivity contribution in [3.05, 3.63) is 102 Å². The minimum absolute atomic E-state index is 0.0982. The van der Waals surface area contributed by atoms with Crippen LogP contribution >= 0.6 is 0 Å². The lowest BCUT2D eigenvalue weighted by atomic mass is 9.64. The summed E-state index contributed by atoms with van der Waals surface area (Å²) in [5, 5.41) is 9.86. The number of aryl methyl sites for hydroxylation is 1. The number of amides is 1. The standard InChI is InChI=1S/C29H34N2O2/c1-31(20-9-8-12-23-10-4-2-5-11-23)21-19-26(22-31)29(28(30)33,24-13-6-3-7-14-24)25-15-17-27(32)18-16-25/h2-7,10-11,13-18,26H,8-9,12,19-22H2,1H3,(H2-,30,32,33)/p+1/t26-,29?,31?/m1/s1. The molecular formula is C29H35N2O2+. The highest BCUT2D eigenvalue weighted by molar-refractivity contribution is 5.91. The summed E-state index contributed by atoms with van der Waals surface area (Å²) >= 11 is 0. The molecule has 3 N–H and O–H groups in total. The number of hydrogen-bond acceptors (Lipinski definition) is 2. The quantitative estimate of drug-likeness (QED) is 0.373. The Labute approximate surface area is 197 Å². The van der Waals surface area contributed by atoms with E-state index in [0.29, 0.717) is 0 Å². The van der Waals surface area contributed by atoms with Gasteiger partial charge in [0.15, 0.2) is 0 Å². The van der Waals surface area contributed by atoms with Crippen molar-refractivity contribution >= 4 is 5.91 Å². The van der Waals surface area contributed by atoms with E-state index in [1.807, 2.05) is 42.5 Å². The SMILES string of the molecule is C[N+]1(CCCCc2ccccc2)CC[C@@H](C(C(N)=O)(c2ccccc2)c2ccc(O)cc2)C1. The van der Waals surface area contributed by atoms with E-state index in [1.54, 1.807) is 12.1 Å². The van der Waals surface area contributed by atoms with Gasteiger partial charge >= 0.3 is 0 Å². The molecule has 4 heteroatoms. The highest BCUT2D eigenvalue weighted by atomic mass is 16.3. The van der Waals surface area contributed by atoms with Gasteiger partial charge in [0.25, 0.3) is 0 Å². The van der Waals surface area contributed by atoms with Gasteiger partial charge in [0, 0.05) is 12.3 Å². The van der Waals surface area contributed by atoms with E-state index in [4.69, 9.17) is 5.73 Å². The van der Waals surface area contributed by atoms with Gasteiger partial charge in [-0.05, 0) is 48.1 Å². The van der Waals surface area contributed by atoms with E-state index in [2.05, 4.69) is 37.4 Å². The summed E-state index contributed by atoms with van der Waals surface area (Å²) in [5.41, 5.74) is 8.50. The largest absolute Gasteiger partial charge is 0.508 e. The Bertz CT molecular complexity index is 1050. The van der Waals surface area contributed by atoms with Crippen LogP contribution < -0.4 is 5.73 Å². The average Bonchev–Trinajstić information content (AvgIpc) is 3.22. The van der Waals surface area contributed by atoms with Crippen LogP contribution in [-0.2, 0) is 16.6 Å². The number of benzene rings is 3. The van der Waals surface area contributed by atoms with E-state index in [9.17, 15) is 9.90 Å². The van der Waals surface area contributed by atoms with E-state index in [0.717, 1.165) is 54.5 Å². The number of likely N-dealkylation sites (tertiary alicyclic amines) is 1. The van der Waals surface area contributed by atoms with Crippen LogP contribution in [0.5, 0.6) is 5.75 Å². The summed E-state index contributed by atoms with van der Waals surface area (Å²) in [6.07, 6.45) is 4.37. The smallest absolute Gasteiger partial charge is 0.233 e. The first-order chi connectivity index (χ1) is 15.9. The second-order valence-electron chi connectivity index (χ2n) is 9.76. The predicted molar refractivity (Wildman–Crippen MR) is 133 cm³/mol. The Balaban J connectivity index is 1.55. The molecule has 33 heavy (non-hydrogen) atoms. The van der Waals surface area contributed by atoms with Crippen LogP contribution in [0.25, 0.3) is 0 Å². The van der Waals surface area contributed by atoms with Crippen LogP contribution in [-0.4, -0.2) is 42.2 Å². The van der Waals surface area contributed by atoms with E-state index < -0.39 is 5.41 Å². The predicted octanol–water partition coefficient (Wildman–Crippen LogP) is 4.65. The third-order valence-electron chi connectivity index (χ3n) is 7.49. The van der Waals surface area contributed by atoms with Crippen LogP contribution in [0, 0.1) is 5.92 Å². The molecule has 0 aromatic heterocycles. The van der Waals surface area contributed by atoms with Crippen LogP contribution in [0.2, 0.25) is 0 Å². The van der Waals surface area contributed by atoms with Crippen molar-refractivity contribution in [1.82, 2.24) is 0 Å². The summed E-state index contributed by atoms with van der Waals surface area (Å²) < 4.78 is 0.958. The molecule has 0 radical (unpaired) electrons. The van der Waals surface area contributed by atoms with Gasteiger partial charge in [-0.15, -0.1) is 0 Å². The molecule has 3 aromatic rings. The molecule has 4 rings (SSSR count). The van der Waals surface area contributed by atoms with Gasteiger partial charge in [-0.2, -0.15) is 0 Å². The fraction of sp³-hybridized carbons (Fsp3) is 0.345. The molecular weight excluding hydrogens is 408 g/mol. The van der Waals surface area contributed by atoms with Gasteiger partial charge in [-0.3, -0.25) is 4.79 Å². The highest BCUT2D eigenvalue weighted by Gasteiger charge is 2.53. The Morgan fingerprint density at radius 2 is 1.55 bits per heavy atom. The minimum Gasteiger partial charge on any atom is -0.508 e. The van der Waals surface area contributed by atoms with Crippen molar-refractivity contribution in [3.63, 3.8) is 0 Å². The molecule has 1 heterocycles. The van der Waals surface area contributed by atoms with Gasteiger partial charge in [0.1, 0.15) is 11.2 Å². The monoisotopic (exact) mass is 443 g/mol. The van der Waals surface area contributed by atoms with E-state index in [1.165, 1.54) is 12.0 Å². The Kier molecular flexibility index (Phi) is 6.85. The number of hydrogen-bond donors (Lipinski definition) is 2. The molecule has 2 unspecified atom stereocenters. The molecule has 172 valence electrons. The molecule has 4 nitrogen and oxygen atoms in total. The summed E-state index contributed by atoms with van der Waals surface area (Å²) in [7, 11) is 2.32. The molecule has 1 aliphatic rings.